The molecule has 2 heterocycles. The van der Waals surface area contributed by atoms with Crippen LogP contribution in [0.1, 0.15) is 37.2 Å². The number of carbonyl (C=O) groups is 2. The lowest BCUT2D eigenvalue weighted by Crippen LogP contribution is -2.39. The van der Waals surface area contributed by atoms with Crippen molar-refractivity contribution in [1.29, 1.82) is 0 Å². The van der Waals surface area contributed by atoms with E-state index in [4.69, 9.17) is 11.6 Å². The van der Waals surface area contributed by atoms with Crippen LogP contribution in [0.15, 0.2) is 24.3 Å². The largest absolute Gasteiger partial charge is 0.341 e. The van der Waals surface area contributed by atoms with E-state index in [2.05, 4.69) is 24.3 Å². The molecular formula is C23H32ClN5O2. The average molecular weight is 446 g/mol. The second-order valence-electron chi connectivity index (χ2n) is 8.56. The lowest BCUT2D eigenvalue weighted by atomic mass is 10.1. The zero-order valence-corrected chi connectivity index (χ0v) is 19.6. The summed E-state index contributed by atoms with van der Waals surface area (Å²) in [7, 11) is 0. The number of carbonyl (C=O) groups excluding carboxylic acids is 2. The molecule has 0 saturated carbocycles. The van der Waals surface area contributed by atoms with Crippen LogP contribution in [-0.4, -0.2) is 57.7 Å². The number of aromatic nitrogens is 2. The molecule has 0 aliphatic carbocycles. The predicted molar refractivity (Wildman–Crippen MR) is 123 cm³/mol. The Morgan fingerprint density at radius 3 is 2.39 bits per heavy atom. The number of halogens is 1. The summed E-state index contributed by atoms with van der Waals surface area (Å²) in [5.41, 5.74) is 3.71. The van der Waals surface area contributed by atoms with Gasteiger partial charge in [-0.25, -0.2) is 4.79 Å². The summed E-state index contributed by atoms with van der Waals surface area (Å²) >= 11 is 5.90. The maximum atomic E-state index is 13.0. The molecule has 7 nitrogen and oxygen atoms in total. The molecule has 3 amide bonds. The highest BCUT2D eigenvalue weighted by molar-refractivity contribution is 6.30. The van der Waals surface area contributed by atoms with Crippen molar-refractivity contribution in [3.8, 4) is 0 Å². The Bertz CT molecular complexity index is 923. The summed E-state index contributed by atoms with van der Waals surface area (Å²) in [6.45, 7) is 11.5. The van der Waals surface area contributed by atoms with Crippen LogP contribution in [0.5, 0.6) is 0 Å². The fraction of sp³-hybridized carbons (Fsp3) is 0.522. The third-order valence-corrected chi connectivity index (χ3v) is 5.88. The van der Waals surface area contributed by atoms with E-state index in [0.29, 0.717) is 49.2 Å². The van der Waals surface area contributed by atoms with E-state index < -0.39 is 0 Å². The molecule has 3 rings (SSSR count). The normalized spacial score (nSPS) is 14.6. The number of nitrogens with one attached hydrogen (secondary N) is 1. The van der Waals surface area contributed by atoms with Gasteiger partial charge in [0.2, 0.25) is 5.91 Å². The monoisotopic (exact) mass is 445 g/mol. The highest BCUT2D eigenvalue weighted by Gasteiger charge is 2.24. The minimum absolute atomic E-state index is 0.0928. The van der Waals surface area contributed by atoms with Gasteiger partial charge in [0, 0.05) is 54.7 Å². The van der Waals surface area contributed by atoms with Crippen molar-refractivity contribution in [1.82, 2.24) is 19.6 Å². The minimum atomic E-state index is -0.154. The van der Waals surface area contributed by atoms with Crippen LogP contribution < -0.4 is 5.32 Å². The van der Waals surface area contributed by atoms with Crippen molar-refractivity contribution < 1.29 is 9.59 Å². The van der Waals surface area contributed by atoms with Gasteiger partial charge in [0.1, 0.15) is 0 Å². The van der Waals surface area contributed by atoms with E-state index in [1.165, 1.54) is 0 Å². The van der Waals surface area contributed by atoms with Gasteiger partial charge in [-0.15, -0.1) is 0 Å². The van der Waals surface area contributed by atoms with Gasteiger partial charge < -0.3 is 15.1 Å². The number of anilines is 1. The van der Waals surface area contributed by atoms with Gasteiger partial charge in [0.05, 0.1) is 12.1 Å². The quantitative estimate of drug-likeness (QED) is 0.752. The minimum Gasteiger partial charge on any atom is -0.341 e. The smallest absolute Gasteiger partial charge is 0.321 e. The Kier molecular flexibility index (Phi) is 7.59. The van der Waals surface area contributed by atoms with E-state index in [9.17, 15) is 9.59 Å². The molecule has 2 aromatic rings. The third kappa shape index (κ3) is 6.00. The van der Waals surface area contributed by atoms with Crippen molar-refractivity contribution in [2.24, 2.45) is 5.92 Å². The molecule has 1 aromatic heterocycles. The lowest BCUT2D eigenvalue weighted by molar-refractivity contribution is -0.130. The zero-order valence-electron chi connectivity index (χ0n) is 18.8. The predicted octanol–water partition coefficient (Wildman–Crippen LogP) is 4.12. The standard InChI is InChI=1S/C23H32ClN5O2/c1-16(2)15-29-18(4)21(17(3)26-29)14-22(30)27-10-5-11-28(13-12-27)23(31)25-20-8-6-19(24)7-9-20/h6-9,16H,5,10-15H2,1-4H3,(H,25,31). The molecule has 0 radical (unpaired) electrons. The molecule has 1 aromatic carbocycles. The molecule has 168 valence electrons. The third-order valence-electron chi connectivity index (χ3n) is 5.63. The first kappa shape index (κ1) is 23.1. The van der Waals surface area contributed by atoms with E-state index in [1.807, 2.05) is 23.4 Å². The van der Waals surface area contributed by atoms with Crippen LogP contribution in [0, 0.1) is 19.8 Å². The molecule has 31 heavy (non-hydrogen) atoms. The van der Waals surface area contributed by atoms with E-state index in [-0.39, 0.29) is 11.9 Å². The highest BCUT2D eigenvalue weighted by Crippen LogP contribution is 2.18. The highest BCUT2D eigenvalue weighted by atomic mass is 35.5. The van der Waals surface area contributed by atoms with E-state index in [1.54, 1.807) is 29.2 Å². The first-order valence-corrected chi connectivity index (χ1v) is 11.2. The second kappa shape index (κ2) is 10.2. The van der Waals surface area contributed by atoms with E-state index in [0.717, 1.165) is 29.9 Å². The molecule has 0 bridgehead atoms. The molecule has 8 heteroatoms. The van der Waals surface area contributed by atoms with Gasteiger partial charge in [0.25, 0.3) is 0 Å². The molecular weight excluding hydrogens is 414 g/mol. The number of urea groups is 1. The summed E-state index contributed by atoms with van der Waals surface area (Å²) in [4.78, 5) is 29.3. The van der Waals surface area contributed by atoms with Gasteiger partial charge in [0.15, 0.2) is 0 Å². The molecule has 1 N–H and O–H groups in total. The maximum absolute atomic E-state index is 13.0. The second-order valence-corrected chi connectivity index (χ2v) is 9.00. The summed E-state index contributed by atoms with van der Waals surface area (Å²) < 4.78 is 2.01. The summed E-state index contributed by atoms with van der Waals surface area (Å²) in [5, 5.41) is 8.15. The number of benzene rings is 1. The molecule has 1 fully saturated rings. The Hall–Kier alpha value is -2.54. The van der Waals surface area contributed by atoms with Crippen LogP contribution >= 0.6 is 11.6 Å². The van der Waals surface area contributed by atoms with Crippen molar-refractivity contribution in [3.05, 3.63) is 46.2 Å². The van der Waals surface area contributed by atoms with Gasteiger partial charge in [-0.05, 0) is 50.5 Å². The Morgan fingerprint density at radius 1 is 1.06 bits per heavy atom. The average Bonchev–Trinajstić information content (AvgIpc) is 2.91. The zero-order chi connectivity index (χ0) is 22.5. The first-order chi connectivity index (χ1) is 14.7. The molecule has 1 aliphatic heterocycles. The number of amides is 3. The number of hydrogen-bond donors (Lipinski definition) is 1. The fourth-order valence-corrected chi connectivity index (χ4v) is 4.01. The van der Waals surface area contributed by atoms with Crippen molar-refractivity contribution in [3.63, 3.8) is 0 Å². The molecule has 0 spiro atoms. The maximum Gasteiger partial charge on any atom is 0.321 e. The molecule has 1 saturated heterocycles. The number of nitrogens with zero attached hydrogens (tertiary/aromatic N) is 4. The summed E-state index contributed by atoms with van der Waals surface area (Å²) in [5.74, 6) is 0.590. The fourth-order valence-electron chi connectivity index (χ4n) is 3.88. The Balaban J connectivity index is 1.58. The topological polar surface area (TPSA) is 70.5 Å². The Morgan fingerprint density at radius 2 is 1.71 bits per heavy atom. The van der Waals surface area contributed by atoms with Gasteiger partial charge in [-0.2, -0.15) is 5.10 Å². The van der Waals surface area contributed by atoms with Crippen LogP contribution in [0.3, 0.4) is 0 Å². The molecule has 0 atom stereocenters. The van der Waals surface area contributed by atoms with Gasteiger partial charge >= 0.3 is 6.03 Å². The molecule has 0 unspecified atom stereocenters. The Labute approximate surface area is 189 Å². The summed E-state index contributed by atoms with van der Waals surface area (Å²) in [6.07, 6.45) is 1.11. The van der Waals surface area contributed by atoms with Crippen LogP contribution in [-0.2, 0) is 17.8 Å². The van der Waals surface area contributed by atoms with E-state index >= 15 is 0 Å². The van der Waals surface area contributed by atoms with Crippen LogP contribution in [0.4, 0.5) is 10.5 Å². The van der Waals surface area contributed by atoms with Crippen molar-refractivity contribution in [2.45, 2.75) is 47.1 Å². The van der Waals surface area contributed by atoms with Crippen LogP contribution in [0.25, 0.3) is 0 Å². The van der Waals surface area contributed by atoms with Crippen molar-refractivity contribution >= 4 is 29.2 Å². The van der Waals surface area contributed by atoms with Gasteiger partial charge in [-0.1, -0.05) is 25.4 Å². The number of aryl methyl sites for hydroxylation is 1. The van der Waals surface area contributed by atoms with Crippen LogP contribution in [0.2, 0.25) is 5.02 Å². The first-order valence-electron chi connectivity index (χ1n) is 10.9. The van der Waals surface area contributed by atoms with Crippen molar-refractivity contribution in [2.75, 3.05) is 31.5 Å². The number of hydrogen-bond acceptors (Lipinski definition) is 3. The summed E-state index contributed by atoms with van der Waals surface area (Å²) in [6, 6.07) is 6.88. The molecule has 1 aliphatic rings. The SMILES string of the molecule is Cc1nn(CC(C)C)c(C)c1CC(=O)N1CCCN(C(=O)Nc2ccc(Cl)cc2)CC1. The van der Waals surface area contributed by atoms with Gasteiger partial charge in [-0.3, -0.25) is 9.48 Å². The lowest BCUT2D eigenvalue weighted by Gasteiger charge is -2.22. The number of rotatable bonds is 5.